The Bertz CT molecular complexity index is 324. The zero-order chi connectivity index (χ0) is 11.4. The van der Waals surface area contributed by atoms with Gasteiger partial charge in [-0.3, -0.25) is 0 Å². The van der Waals surface area contributed by atoms with Crippen LogP contribution in [-0.4, -0.2) is 7.05 Å². The maximum Gasteiger partial charge on any atom is 0.0731 e. The lowest BCUT2D eigenvalue weighted by Gasteiger charge is -2.15. The third-order valence-electron chi connectivity index (χ3n) is 2.56. The van der Waals surface area contributed by atoms with Gasteiger partial charge in [-0.25, -0.2) is 0 Å². The van der Waals surface area contributed by atoms with Crippen LogP contribution in [-0.2, 0) is 0 Å². The minimum absolute atomic E-state index is 0.410. The minimum atomic E-state index is 0.410. The maximum atomic E-state index is 4.07. The van der Waals surface area contributed by atoms with Gasteiger partial charge in [0.05, 0.1) is 3.79 Å². The third kappa shape index (κ3) is 3.44. The van der Waals surface area contributed by atoms with Crippen molar-refractivity contribution in [1.82, 2.24) is 5.32 Å². The Morgan fingerprint density at radius 1 is 1.67 bits per heavy atom. The molecule has 1 rings (SSSR count). The monoisotopic (exact) mass is 287 g/mol. The molecule has 0 aliphatic carbocycles. The van der Waals surface area contributed by atoms with E-state index in [4.69, 9.17) is 0 Å². The summed E-state index contributed by atoms with van der Waals surface area (Å²) in [7, 11) is 2.01. The number of thiophene rings is 1. The van der Waals surface area contributed by atoms with E-state index in [0.29, 0.717) is 6.04 Å². The number of aryl methyl sites for hydroxylation is 1. The highest BCUT2D eigenvalue weighted by atomic mass is 79.9. The van der Waals surface area contributed by atoms with Crippen molar-refractivity contribution in [2.75, 3.05) is 7.05 Å². The van der Waals surface area contributed by atoms with Crippen molar-refractivity contribution in [2.24, 2.45) is 0 Å². The van der Waals surface area contributed by atoms with Gasteiger partial charge in [0.15, 0.2) is 0 Å². The first-order chi connectivity index (χ1) is 7.08. The lowest BCUT2D eigenvalue weighted by molar-refractivity contribution is 0.592. The average molecular weight is 288 g/mol. The normalized spacial score (nSPS) is 12.8. The third-order valence-corrected chi connectivity index (χ3v) is 4.81. The molecule has 0 bridgehead atoms. The quantitative estimate of drug-likeness (QED) is 0.790. The lowest BCUT2D eigenvalue weighted by Crippen LogP contribution is -2.15. The standard InChI is InChI=1S/C12H18BrNS/c1-5-8(2)6-10(14-4)11-7-9(3)12(13)15-11/h7,10,14H,2,5-6H2,1,3-4H3. The first-order valence-corrected chi connectivity index (χ1v) is 6.79. The molecular formula is C12H18BrNS. The molecule has 1 nitrogen and oxygen atoms in total. The summed E-state index contributed by atoms with van der Waals surface area (Å²) in [4.78, 5) is 1.39. The van der Waals surface area contributed by atoms with Gasteiger partial charge < -0.3 is 5.32 Å². The molecule has 15 heavy (non-hydrogen) atoms. The van der Waals surface area contributed by atoms with Crippen LogP contribution in [0, 0.1) is 6.92 Å². The van der Waals surface area contributed by atoms with Gasteiger partial charge in [0.1, 0.15) is 0 Å². The fourth-order valence-electron chi connectivity index (χ4n) is 1.43. The highest BCUT2D eigenvalue weighted by molar-refractivity contribution is 9.11. The number of nitrogens with one attached hydrogen (secondary N) is 1. The highest BCUT2D eigenvalue weighted by Crippen LogP contribution is 2.33. The smallest absolute Gasteiger partial charge is 0.0731 e. The highest BCUT2D eigenvalue weighted by Gasteiger charge is 2.13. The molecule has 1 aromatic rings. The van der Waals surface area contributed by atoms with Crippen LogP contribution >= 0.6 is 27.3 Å². The zero-order valence-electron chi connectivity index (χ0n) is 9.56. The maximum absolute atomic E-state index is 4.07. The molecule has 3 heteroatoms. The molecule has 0 amide bonds. The molecule has 0 fully saturated rings. The van der Waals surface area contributed by atoms with Crippen LogP contribution in [0.2, 0.25) is 0 Å². The van der Waals surface area contributed by atoms with E-state index in [1.54, 1.807) is 0 Å². The summed E-state index contributed by atoms with van der Waals surface area (Å²) < 4.78 is 1.24. The Hall–Kier alpha value is -0.120. The van der Waals surface area contributed by atoms with E-state index in [-0.39, 0.29) is 0 Å². The summed E-state index contributed by atoms with van der Waals surface area (Å²) in [6.07, 6.45) is 2.09. The van der Waals surface area contributed by atoms with Crippen molar-refractivity contribution in [3.05, 3.63) is 32.4 Å². The molecule has 0 aliphatic rings. The molecule has 1 N–H and O–H groups in total. The van der Waals surface area contributed by atoms with E-state index in [1.165, 1.54) is 19.8 Å². The van der Waals surface area contributed by atoms with Crippen molar-refractivity contribution >= 4 is 27.3 Å². The second kappa shape index (κ2) is 5.83. The summed E-state index contributed by atoms with van der Waals surface area (Å²) in [6.45, 7) is 8.36. The topological polar surface area (TPSA) is 12.0 Å². The van der Waals surface area contributed by atoms with Crippen molar-refractivity contribution in [3.63, 3.8) is 0 Å². The summed E-state index contributed by atoms with van der Waals surface area (Å²) in [5, 5.41) is 3.35. The van der Waals surface area contributed by atoms with E-state index in [0.717, 1.165) is 12.8 Å². The van der Waals surface area contributed by atoms with Crippen LogP contribution in [0.5, 0.6) is 0 Å². The van der Waals surface area contributed by atoms with Crippen molar-refractivity contribution in [1.29, 1.82) is 0 Å². The Kier molecular flexibility index (Phi) is 5.03. The molecule has 0 spiro atoms. The summed E-state index contributed by atoms with van der Waals surface area (Å²) in [5.41, 5.74) is 2.62. The second-order valence-corrected chi connectivity index (χ2v) is 6.16. The summed E-state index contributed by atoms with van der Waals surface area (Å²) in [5.74, 6) is 0. The van der Waals surface area contributed by atoms with Gasteiger partial charge in [0.25, 0.3) is 0 Å². The van der Waals surface area contributed by atoms with Crippen LogP contribution in [0.4, 0.5) is 0 Å². The van der Waals surface area contributed by atoms with Gasteiger partial charge in [-0.15, -0.1) is 11.3 Å². The van der Waals surface area contributed by atoms with E-state index in [9.17, 15) is 0 Å². The number of rotatable bonds is 5. The SMILES string of the molecule is C=C(CC)CC(NC)c1cc(C)c(Br)s1. The van der Waals surface area contributed by atoms with Crippen molar-refractivity contribution < 1.29 is 0 Å². The van der Waals surface area contributed by atoms with Crippen LogP contribution in [0.3, 0.4) is 0 Å². The van der Waals surface area contributed by atoms with E-state index in [2.05, 4.69) is 47.7 Å². The van der Waals surface area contributed by atoms with Crippen molar-refractivity contribution in [3.8, 4) is 0 Å². The van der Waals surface area contributed by atoms with Gasteiger partial charge in [0.2, 0.25) is 0 Å². The summed E-state index contributed by atoms with van der Waals surface area (Å²) in [6, 6.07) is 2.66. The van der Waals surface area contributed by atoms with Crippen molar-refractivity contribution in [2.45, 2.75) is 32.7 Å². The molecule has 0 radical (unpaired) electrons. The molecule has 84 valence electrons. The summed E-state index contributed by atoms with van der Waals surface area (Å²) >= 11 is 5.38. The number of hydrogen-bond donors (Lipinski definition) is 1. The Balaban J connectivity index is 2.78. The fourth-order valence-corrected chi connectivity index (χ4v) is 3.11. The van der Waals surface area contributed by atoms with Crippen LogP contribution in [0.15, 0.2) is 22.0 Å². The molecule has 0 saturated carbocycles. The first kappa shape index (κ1) is 12.9. The van der Waals surface area contributed by atoms with Gasteiger partial charge >= 0.3 is 0 Å². The first-order valence-electron chi connectivity index (χ1n) is 5.18. The van der Waals surface area contributed by atoms with Gasteiger partial charge in [-0.2, -0.15) is 0 Å². The molecular weight excluding hydrogens is 270 g/mol. The molecule has 1 heterocycles. The molecule has 1 unspecified atom stereocenters. The van der Waals surface area contributed by atoms with Gasteiger partial charge in [0, 0.05) is 10.9 Å². The largest absolute Gasteiger partial charge is 0.312 e. The molecule has 1 atom stereocenters. The molecule has 1 aromatic heterocycles. The predicted octanol–water partition coefficient (Wildman–Crippen LogP) is 4.44. The number of halogens is 1. The predicted molar refractivity (Wildman–Crippen MR) is 72.6 cm³/mol. The van der Waals surface area contributed by atoms with Crippen LogP contribution in [0.1, 0.15) is 36.2 Å². The Morgan fingerprint density at radius 2 is 2.33 bits per heavy atom. The Morgan fingerprint density at radius 3 is 2.73 bits per heavy atom. The van der Waals surface area contributed by atoms with E-state index in [1.807, 2.05) is 18.4 Å². The lowest BCUT2D eigenvalue weighted by atomic mass is 10.0. The van der Waals surface area contributed by atoms with Gasteiger partial charge in [-0.05, 0) is 54.4 Å². The van der Waals surface area contributed by atoms with Crippen LogP contribution in [0.25, 0.3) is 0 Å². The Labute approximate surface area is 105 Å². The van der Waals surface area contributed by atoms with E-state index < -0.39 is 0 Å². The molecule has 0 aliphatic heterocycles. The molecule has 0 aromatic carbocycles. The zero-order valence-corrected chi connectivity index (χ0v) is 12.0. The second-order valence-electron chi connectivity index (χ2n) is 3.75. The van der Waals surface area contributed by atoms with E-state index >= 15 is 0 Å². The molecule has 0 saturated heterocycles. The van der Waals surface area contributed by atoms with Crippen LogP contribution < -0.4 is 5.32 Å². The minimum Gasteiger partial charge on any atom is -0.312 e. The average Bonchev–Trinajstić information content (AvgIpc) is 2.55. The van der Waals surface area contributed by atoms with Gasteiger partial charge in [-0.1, -0.05) is 19.1 Å². The number of hydrogen-bond acceptors (Lipinski definition) is 2. The fraction of sp³-hybridized carbons (Fsp3) is 0.500.